The van der Waals surface area contributed by atoms with Crippen LogP contribution in [-0.2, 0) is 14.9 Å². The molecule has 0 atom stereocenters. The summed E-state index contributed by atoms with van der Waals surface area (Å²) in [6.07, 6.45) is 12.5. The van der Waals surface area contributed by atoms with Crippen molar-refractivity contribution in [1.29, 1.82) is 0 Å². The van der Waals surface area contributed by atoms with Gasteiger partial charge in [0.25, 0.3) is 0 Å². The van der Waals surface area contributed by atoms with Gasteiger partial charge in [-0.2, -0.15) is 0 Å². The van der Waals surface area contributed by atoms with E-state index in [0.29, 0.717) is 6.42 Å². The van der Waals surface area contributed by atoms with Crippen LogP contribution in [0.2, 0.25) is 0 Å². The average Bonchev–Trinajstić information content (AvgIpc) is 2.45. The van der Waals surface area contributed by atoms with Gasteiger partial charge in [-0.05, 0) is 6.42 Å². The molecule has 0 aromatic rings. The minimum absolute atomic E-state index is 0. The van der Waals surface area contributed by atoms with E-state index in [4.69, 9.17) is 0 Å². The third-order valence-corrected chi connectivity index (χ3v) is 3.85. The first-order chi connectivity index (χ1) is 9.87. The van der Waals surface area contributed by atoms with Crippen LogP contribution in [0.15, 0.2) is 0 Å². The Balaban J connectivity index is -0.000000439. The van der Waals surface area contributed by atoms with Crippen molar-refractivity contribution in [3.05, 3.63) is 0 Å². The van der Waals surface area contributed by atoms with E-state index in [1.807, 2.05) is 0 Å². The van der Waals surface area contributed by atoms with Crippen molar-refractivity contribution in [3.63, 3.8) is 0 Å². The average molecular weight is 345 g/mol. The van der Waals surface area contributed by atoms with Gasteiger partial charge in [-0.3, -0.25) is 4.79 Å². The summed E-state index contributed by atoms with van der Waals surface area (Å²) in [5.41, 5.74) is 0. The third-order valence-electron chi connectivity index (χ3n) is 3.14. The molecule has 22 heavy (non-hydrogen) atoms. The number of carbonyl (C=O) groups is 1. The topological polar surface area (TPSA) is 86.3 Å². The summed E-state index contributed by atoms with van der Waals surface area (Å²) in [4.78, 5) is 10.9. The number of carbonyl (C=O) groups excluding carboxylic acids is 1. The Labute approximate surface area is 159 Å². The molecule has 0 aliphatic carbocycles. The van der Waals surface area contributed by atoms with E-state index in [-0.39, 0.29) is 41.2 Å². The smallest absolute Gasteiger partial charge is 0.748 e. The maximum Gasteiger partial charge on any atom is 1.00 e. The number of hydrogen-bond donors (Lipinski definition) is 1. The van der Waals surface area contributed by atoms with Crippen molar-refractivity contribution in [3.8, 4) is 0 Å². The molecule has 1 amide bonds. The van der Waals surface area contributed by atoms with E-state index in [9.17, 15) is 17.8 Å². The van der Waals surface area contributed by atoms with E-state index >= 15 is 0 Å². The van der Waals surface area contributed by atoms with Gasteiger partial charge in [-0.25, -0.2) is 8.42 Å². The fourth-order valence-corrected chi connectivity index (χ4v) is 1.72. The summed E-state index contributed by atoms with van der Waals surface area (Å²) < 4.78 is 28.3. The van der Waals surface area contributed by atoms with Crippen LogP contribution in [0.1, 0.15) is 78.1 Å². The van der Waals surface area contributed by atoms with Crippen molar-refractivity contribution in [2.45, 2.75) is 78.1 Å². The number of hydrogen-bond acceptors (Lipinski definition) is 4. The van der Waals surface area contributed by atoms with Crippen LogP contribution < -0.4 is 34.9 Å². The molecule has 0 aliphatic heterocycles. The summed E-state index contributed by atoms with van der Waals surface area (Å²) in [7, 11) is -2.21. The minimum atomic E-state index is -3.91. The summed E-state index contributed by atoms with van der Waals surface area (Å²) in [5, 5.41) is 2.65. The third kappa shape index (κ3) is 28.5. The molecule has 0 aromatic heterocycles. The Morgan fingerprint density at radius 3 is 1.59 bits per heavy atom. The quantitative estimate of drug-likeness (QED) is 0.329. The van der Waals surface area contributed by atoms with Crippen LogP contribution in [-0.4, -0.2) is 31.7 Å². The van der Waals surface area contributed by atoms with Crippen molar-refractivity contribution < 1.29 is 47.3 Å². The molecule has 0 saturated heterocycles. The second-order valence-electron chi connectivity index (χ2n) is 5.10. The van der Waals surface area contributed by atoms with Gasteiger partial charge >= 0.3 is 29.6 Å². The van der Waals surface area contributed by atoms with E-state index < -0.39 is 10.1 Å². The normalized spacial score (nSPS) is 10.2. The van der Waals surface area contributed by atoms with E-state index in [0.717, 1.165) is 6.42 Å². The van der Waals surface area contributed by atoms with Crippen LogP contribution in [0, 0.1) is 0 Å². The first kappa shape index (κ1) is 27.2. The molecule has 0 radical (unpaired) electrons. The minimum Gasteiger partial charge on any atom is -0.748 e. The molecule has 7 heteroatoms. The molecule has 0 aromatic carbocycles. The predicted octanol–water partition coefficient (Wildman–Crippen LogP) is 0.209. The standard InChI is InChI=1S/C13H27NO.C2H6O3S.Na/c1-3-4-5-6-7-8-9-10-11-12-13(15)14-2;1-2-6(3,4)5;/h3-12H2,1-2H3,(H,14,15);2H2,1H3,(H,3,4,5);/q;;+1/p-1. The molecule has 0 rings (SSSR count). The summed E-state index contributed by atoms with van der Waals surface area (Å²) in [6.45, 7) is 3.56. The van der Waals surface area contributed by atoms with Crippen molar-refractivity contribution in [1.82, 2.24) is 5.32 Å². The van der Waals surface area contributed by atoms with Gasteiger partial charge in [-0.15, -0.1) is 0 Å². The van der Waals surface area contributed by atoms with Crippen LogP contribution >= 0.6 is 0 Å². The van der Waals surface area contributed by atoms with E-state index in [2.05, 4.69) is 12.2 Å². The van der Waals surface area contributed by atoms with Crippen LogP contribution in [0.25, 0.3) is 0 Å². The molecular formula is C15H32NNaO4S. The molecule has 0 unspecified atom stereocenters. The van der Waals surface area contributed by atoms with Gasteiger partial charge in [0.1, 0.15) is 0 Å². The number of rotatable bonds is 11. The zero-order chi connectivity index (χ0) is 16.6. The Morgan fingerprint density at radius 1 is 0.909 bits per heavy atom. The maximum atomic E-state index is 10.9. The fourth-order valence-electron chi connectivity index (χ4n) is 1.72. The van der Waals surface area contributed by atoms with Crippen molar-refractivity contribution >= 4 is 16.0 Å². The molecule has 0 bridgehead atoms. The van der Waals surface area contributed by atoms with E-state index in [1.165, 1.54) is 58.3 Å². The number of unbranched alkanes of at least 4 members (excludes halogenated alkanes) is 8. The molecule has 0 heterocycles. The predicted molar refractivity (Wildman–Crippen MR) is 86.1 cm³/mol. The molecule has 1 N–H and O–H groups in total. The zero-order valence-corrected chi connectivity index (χ0v) is 17.6. The molecule has 0 saturated carbocycles. The second-order valence-corrected chi connectivity index (χ2v) is 6.79. The Bertz CT molecular complexity index is 334. The van der Waals surface area contributed by atoms with Gasteiger partial charge in [0, 0.05) is 19.2 Å². The van der Waals surface area contributed by atoms with Gasteiger partial charge in [0.2, 0.25) is 5.91 Å². The van der Waals surface area contributed by atoms with Gasteiger partial charge in [0.05, 0.1) is 10.1 Å². The summed E-state index contributed by atoms with van der Waals surface area (Å²) in [6, 6.07) is 0. The Hall–Kier alpha value is 0.380. The fraction of sp³-hybridized carbons (Fsp3) is 0.933. The largest absolute Gasteiger partial charge is 1.00 e. The van der Waals surface area contributed by atoms with Gasteiger partial charge < -0.3 is 9.87 Å². The summed E-state index contributed by atoms with van der Waals surface area (Å²) >= 11 is 0. The van der Waals surface area contributed by atoms with Gasteiger partial charge in [0.15, 0.2) is 0 Å². The molecule has 0 aliphatic rings. The van der Waals surface area contributed by atoms with Crippen molar-refractivity contribution in [2.24, 2.45) is 0 Å². The van der Waals surface area contributed by atoms with Crippen molar-refractivity contribution in [2.75, 3.05) is 12.8 Å². The van der Waals surface area contributed by atoms with Crippen LogP contribution in [0.3, 0.4) is 0 Å². The SMILES string of the molecule is CCCCCCCCCCCC(=O)NC.CCS(=O)(=O)[O-].[Na+]. The molecule has 5 nitrogen and oxygen atoms in total. The first-order valence-corrected chi connectivity index (χ1v) is 9.59. The maximum absolute atomic E-state index is 10.9. The Morgan fingerprint density at radius 2 is 1.27 bits per heavy atom. The van der Waals surface area contributed by atoms with Gasteiger partial charge in [-0.1, -0.05) is 65.2 Å². The molecule has 0 spiro atoms. The number of amides is 1. The van der Waals surface area contributed by atoms with E-state index in [1.54, 1.807) is 7.05 Å². The Kier molecular flexibility index (Phi) is 24.1. The zero-order valence-electron chi connectivity index (χ0n) is 14.8. The van der Waals surface area contributed by atoms with Crippen LogP contribution in [0.5, 0.6) is 0 Å². The molecule has 0 fully saturated rings. The number of nitrogens with one attached hydrogen (secondary N) is 1. The summed E-state index contributed by atoms with van der Waals surface area (Å²) in [5.74, 6) is -0.134. The molecule has 128 valence electrons. The molecular weight excluding hydrogens is 313 g/mol. The first-order valence-electron chi connectivity index (χ1n) is 8.01. The monoisotopic (exact) mass is 345 g/mol. The van der Waals surface area contributed by atoms with Crippen LogP contribution in [0.4, 0.5) is 0 Å². The second kappa shape index (κ2) is 19.4.